The van der Waals surface area contributed by atoms with Crippen LogP contribution in [-0.4, -0.2) is 24.4 Å². The van der Waals surface area contributed by atoms with Gasteiger partial charge in [0.15, 0.2) is 0 Å². The third-order valence-corrected chi connectivity index (χ3v) is 1.69. The van der Waals surface area contributed by atoms with Crippen molar-refractivity contribution in [1.82, 2.24) is 10.3 Å². The number of aldehydes is 1. The van der Waals surface area contributed by atoms with Gasteiger partial charge >= 0.3 is 0 Å². The van der Waals surface area contributed by atoms with Crippen molar-refractivity contribution in [2.45, 2.75) is 12.5 Å². The summed E-state index contributed by atoms with van der Waals surface area (Å²) in [5, 5.41) is 2.89. The molecule has 0 unspecified atom stereocenters. The minimum absolute atomic E-state index is 0.125. The van der Waals surface area contributed by atoms with Crippen LogP contribution in [0.4, 0.5) is 0 Å². The summed E-state index contributed by atoms with van der Waals surface area (Å²) in [7, 11) is 1.77. The second kappa shape index (κ2) is 4.62. The molecule has 3 heteroatoms. The number of hydrogen-bond donors (Lipinski definition) is 1. The second-order valence-corrected chi connectivity index (χ2v) is 2.56. The molecule has 12 heavy (non-hydrogen) atoms. The van der Waals surface area contributed by atoms with Gasteiger partial charge in [0.1, 0.15) is 6.29 Å². The van der Waals surface area contributed by atoms with E-state index in [-0.39, 0.29) is 6.04 Å². The normalized spacial score (nSPS) is 12.4. The van der Waals surface area contributed by atoms with Gasteiger partial charge < -0.3 is 10.1 Å². The molecule has 64 valence electrons. The van der Waals surface area contributed by atoms with Crippen LogP contribution in [0.1, 0.15) is 5.69 Å². The summed E-state index contributed by atoms with van der Waals surface area (Å²) >= 11 is 0. The Bertz CT molecular complexity index is 236. The number of nitrogens with one attached hydrogen (secondary N) is 1. The summed E-state index contributed by atoms with van der Waals surface area (Å²) in [6, 6.07) is 5.56. The third kappa shape index (κ3) is 2.43. The first kappa shape index (κ1) is 8.87. The van der Waals surface area contributed by atoms with Crippen LogP contribution in [0.15, 0.2) is 24.4 Å². The maximum absolute atomic E-state index is 10.5. The Kier molecular flexibility index (Phi) is 3.41. The first-order valence-electron chi connectivity index (χ1n) is 3.89. The fraction of sp³-hybridized carbons (Fsp3) is 0.333. The summed E-state index contributed by atoms with van der Waals surface area (Å²) in [5.74, 6) is 0. The van der Waals surface area contributed by atoms with E-state index < -0.39 is 0 Å². The van der Waals surface area contributed by atoms with Crippen molar-refractivity contribution in [3.05, 3.63) is 30.1 Å². The first-order chi connectivity index (χ1) is 5.86. The van der Waals surface area contributed by atoms with Crippen LogP contribution in [0.2, 0.25) is 0 Å². The maximum atomic E-state index is 10.5. The van der Waals surface area contributed by atoms with Gasteiger partial charge in [-0.15, -0.1) is 0 Å². The minimum atomic E-state index is -0.125. The van der Waals surface area contributed by atoms with E-state index in [4.69, 9.17) is 0 Å². The van der Waals surface area contributed by atoms with Crippen molar-refractivity contribution in [1.29, 1.82) is 0 Å². The molecule has 0 amide bonds. The highest BCUT2D eigenvalue weighted by Crippen LogP contribution is 1.96. The Morgan fingerprint density at radius 3 is 3.00 bits per heavy atom. The number of pyridine rings is 1. The zero-order valence-electron chi connectivity index (χ0n) is 7.03. The van der Waals surface area contributed by atoms with Gasteiger partial charge in [-0.05, 0) is 19.2 Å². The molecule has 1 heterocycles. The van der Waals surface area contributed by atoms with E-state index in [0.717, 1.165) is 12.0 Å². The lowest BCUT2D eigenvalue weighted by Crippen LogP contribution is -2.29. The van der Waals surface area contributed by atoms with Gasteiger partial charge in [0.05, 0.1) is 6.04 Å². The SMILES string of the molecule is CN[C@H](C=O)Cc1ccccn1. The monoisotopic (exact) mass is 164 g/mol. The van der Waals surface area contributed by atoms with E-state index in [2.05, 4.69) is 10.3 Å². The van der Waals surface area contributed by atoms with Gasteiger partial charge in [0.2, 0.25) is 0 Å². The van der Waals surface area contributed by atoms with Crippen molar-refractivity contribution >= 4 is 6.29 Å². The topological polar surface area (TPSA) is 42.0 Å². The van der Waals surface area contributed by atoms with Crippen LogP contribution in [-0.2, 0) is 11.2 Å². The number of rotatable bonds is 4. The van der Waals surface area contributed by atoms with Crippen LogP contribution in [0.3, 0.4) is 0 Å². The summed E-state index contributed by atoms with van der Waals surface area (Å²) in [5.41, 5.74) is 0.934. The van der Waals surface area contributed by atoms with Crippen LogP contribution < -0.4 is 5.32 Å². The highest BCUT2D eigenvalue weighted by Gasteiger charge is 2.04. The van der Waals surface area contributed by atoms with E-state index in [0.29, 0.717) is 6.42 Å². The molecule has 0 radical (unpaired) electrons. The standard InChI is InChI=1S/C9H12N2O/c1-10-9(7-12)6-8-4-2-3-5-11-8/h2-5,7,9-10H,6H2,1H3/t9-/m0/s1. The molecule has 0 aliphatic heterocycles. The minimum Gasteiger partial charge on any atom is -0.310 e. The quantitative estimate of drug-likeness (QED) is 0.655. The Morgan fingerprint density at radius 2 is 2.50 bits per heavy atom. The predicted molar refractivity (Wildman–Crippen MR) is 46.9 cm³/mol. The lowest BCUT2D eigenvalue weighted by atomic mass is 10.1. The largest absolute Gasteiger partial charge is 0.310 e. The summed E-state index contributed by atoms with van der Waals surface area (Å²) in [6.07, 6.45) is 3.28. The van der Waals surface area contributed by atoms with Gasteiger partial charge in [-0.25, -0.2) is 0 Å². The first-order valence-corrected chi connectivity index (χ1v) is 3.89. The molecule has 0 aliphatic carbocycles. The van der Waals surface area contributed by atoms with Crippen molar-refractivity contribution in [2.24, 2.45) is 0 Å². The van der Waals surface area contributed by atoms with E-state index in [1.807, 2.05) is 18.2 Å². The molecule has 0 aliphatic rings. The van der Waals surface area contributed by atoms with Crippen molar-refractivity contribution < 1.29 is 4.79 Å². The second-order valence-electron chi connectivity index (χ2n) is 2.56. The van der Waals surface area contributed by atoms with Crippen LogP contribution in [0, 0.1) is 0 Å². The van der Waals surface area contributed by atoms with Gasteiger partial charge in [-0.2, -0.15) is 0 Å². The van der Waals surface area contributed by atoms with Crippen LogP contribution in [0.5, 0.6) is 0 Å². The molecule has 1 aromatic heterocycles. The van der Waals surface area contributed by atoms with Crippen LogP contribution >= 0.6 is 0 Å². The number of likely N-dealkylation sites (N-methyl/N-ethyl adjacent to an activating group) is 1. The molecular formula is C9H12N2O. The molecule has 1 rings (SSSR count). The van der Waals surface area contributed by atoms with Gasteiger partial charge in [-0.1, -0.05) is 6.07 Å². The number of carbonyl (C=O) groups excluding carboxylic acids is 1. The van der Waals surface area contributed by atoms with Crippen molar-refractivity contribution in [3.8, 4) is 0 Å². The number of aromatic nitrogens is 1. The number of hydrogen-bond acceptors (Lipinski definition) is 3. The molecule has 0 fully saturated rings. The fourth-order valence-electron chi connectivity index (χ4n) is 0.962. The smallest absolute Gasteiger partial charge is 0.137 e. The van der Waals surface area contributed by atoms with Crippen molar-refractivity contribution in [2.75, 3.05) is 7.05 Å². The van der Waals surface area contributed by atoms with E-state index in [1.165, 1.54) is 0 Å². The average molecular weight is 164 g/mol. The number of nitrogens with zero attached hydrogens (tertiary/aromatic N) is 1. The highest BCUT2D eigenvalue weighted by molar-refractivity contribution is 5.58. The number of carbonyl (C=O) groups is 1. The van der Waals surface area contributed by atoms with Gasteiger partial charge in [0, 0.05) is 18.3 Å². The molecule has 0 spiro atoms. The van der Waals surface area contributed by atoms with E-state index in [9.17, 15) is 4.79 Å². The molecule has 3 nitrogen and oxygen atoms in total. The average Bonchev–Trinajstić information content (AvgIpc) is 2.16. The molecule has 1 aromatic rings. The molecule has 0 saturated heterocycles. The molecule has 1 atom stereocenters. The van der Waals surface area contributed by atoms with E-state index >= 15 is 0 Å². The lowest BCUT2D eigenvalue weighted by molar-refractivity contribution is -0.109. The molecular weight excluding hydrogens is 152 g/mol. The Balaban J connectivity index is 2.56. The van der Waals surface area contributed by atoms with E-state index in [1.54, 1.807) is 13.2 Å². The van der Waals surface area contributed by atoms with Crippen molar-refractivity contribution in [3.63, 3.8) is 0 Å². The van der Waals surface area contributed by atoms with Gasteiger partial charge in [-0.3, -0.25) is 4.98 Å². The highest BCUT2D eigenvalue weighted by atomic mass is 16.1. The molecule has 0 aromatic carbocycles. The Hall–Kier alpha value is -1.22. The Morgan fingerprint density at radius 1 is 1.67 bits per heavy atom. The molecule has 0 saturated carbocycles. The maximum Gasteiger partial charge on any atom is 0.137 e. The lowest BCUT2D eigenvalue weighted by Gasteiger charge is -2.06. The zero-order valence-corrected chi connectivity index (χ0v) is 7.03. The Labute approximate surface area is 71.8 Å². The predicted octanol–water partition coefficient (Wildman–Crippen LogP) is 0.411. The fourth-order valence-corrected chi connectivity index (χ4v) is 0.962. The third-order valence-electron chi connectivity index (χ3n) is 1.69. The molecule has 0 bridgehead atoms. The summed E-state index contributed by atoms with van der Waals surface area (Å²) in [4.78, 5) is 14.6. The summed E-state index contributed by atoms with van der Waals surface area (Å²) < 4.78 is 0. The molecule has 1 N–H and O–H groups in total. The van der Waals surface area contributed by atoms with Crippen LogP contribution in [0.25, 0.3) is 0 Å². The summed E-state index contributed by atoms with van der Waals surface area (Å²) in [6.45, 7) is 0. The zero-order chi connectivity index (χ0) is 8.81. The van der Waals surface area contributed by atoms with Gasteiger partial charge in [0.25, 0.3) is 0 Å².